The first kappa shape index (κ1) is 18.5. The van der Waals surface area contributed by atoms with Gasteiger partial charge in [0.2, 0.25) is 0 Å². The molecular weight excluding hydrogens is 318 g/mol. The maximum Gasteiger partial charge on any atom is 0.338 e. The molecule has 132 valence electrons. The van der Waals surface area contributed by atoms with Crippen LogP contribution in [0.3, 0.4) is 0 Å². The monoisotopic (exact) mass is 341 g/mol. The molecule has 1 N–H and O–H groups in total. The summed E-state index contributed by atoms with van der Waals surface area (Å²) < 4.78 is 10.7. The second kappa shape index (κ2) is 8.87. The fraction of sp³-hybridized carbons (Fsp3) is 0.300. The highest BCUT2D eigenvalue weighted by atomic mass is 16.5. The van der Waals surface area contributed by atoms with E-state index in [0.717, 1.165) is 12.0 Å². The predicted octanol–water partition coefficient (Wildman–Crippen LogP) is 3.97. The van der Waals surface area contributed by atoms with Gasteiger partial charge in [0.15, 0.2) is 6.10 Å². The van der Waals surface area contributed by atoms with E-state index in [9.17, 15) is 9.59 Å². The van der Waals surface area contributed by atoms with Crippen molar-refractivity contribution in [2.75, 3.05) is 11.9 Å². The zero-order valence-electron chi connectivity index (χ0n) is 14.7. The van der Waals surface area contributed by atoms with Crippen molar-refractivity contribution in [3.05, 3.63) is 59.7 Å². The van der Waals surface area contributed by atoms with Crippen LogP contribution in [0.1, 0.15) is 36.2 Å². The molecule has 0 saturated carbocycles. The molecule has 1 atom stereocenters. The van der Waals surface area contributed by atoms with Gasteiger partial charge in [-0.05, 0) is 56.7 Å². The molecule has 0 aliphatic rings. The molecule has 2 aromatic rings. The van der Waals surface area contributed by atoms with E-state index in [0.29, 0.717) is 23.6 Å². The molecule has 0 bridgehead atoms. The topological polar surface area (TPSA) is 64.6 Å². The van der Waals surface area contributed by atoms with Crippen molar-refractivity contribution in [1.29, 1.82) is 0 Å². The van der Waals surface area contributed by atoms with E-state index in [-0.39, 0.29) is 5.91 Å². The van der Waals surface area contributed by atoms with Gasteiger partial charge < -0.3 is 14.8 Å². The van der Waals surface area contributed by atoms with E-state index >= 15 is 0 Å². The number of aryl methyl sites for hydroxylation is 1. The van der Waals surface area contributed by atoms with Crippen LogP contribution in [0, 0.1) is 6.92 Å². The zero-order valence-corrected chi connectivity index (χ0v) is 14.7. The summed E-state index contributed by atoms with van der Waals surface area (Å²) in [5.74, 6) is -0.225. The van der Waals surface area contributed by atoms with Crippen LogP contribution in [0.4, 0.5) is 5.69 Å². The van der Waals surface area contributed by atoms with Gasteiger partial charge in [0, 0.05) is 5.69 Å². The molecular formula is C20H23NO4. The fourth-order valence-electron chi connectivity index (χ4n) is 2.07. The van der Waals surface area contributed by atoms with Gasteiger partial charge in [-0.2, -0.15) is 0 Å². The van der Waals surface area contributed by atoms with Crippen molar-refractivity contribution in [2.24, 2.45) is 0 Å². The van der Waals surface area contributed by atoms with Crippen LogP contribution < -0.4 is 10.1 Å². The standard InChI is InChI=1S/C20H23NO4/c1-4-13-24-18-11-7-16(8-12-18)20(23)25-15(3)19(22)21-17-9-5-14(2)6-10-17/h5-12,15H,4,13H2,1-3H3,(H,21,22)/t15-/m0/s1. The Hall–Kier alpha value is -2.82. The average molecular weight is 341 g/mol. The van der Waals surface area contributed by atoms with Crippen LogP contribution in [0.2, 0.25) is 0 Å². The highest BCUT2D eigenvalue weighted by molar-refractivity contribution is 5.97. The number of anilines is 1. The zero-order chi connectivity index (χ0) is 18.2. The number of carbonyl (C=O) groups is 2. The number of amides is 1. The Morgan fingerprint density at radius 1 is 1.04 bits per heavy atom. The van der Waals surface area contributed by atoms with Gasteiger partial charge in [0.1, 0.15) is 5.75 Å². The first-order valence-electron chi connectivity index (χ1n) is 8.31. The molecule has 0 aromatic heterocycles. The van der Waals surface area contributed by atoms with Crippen molar-refractivity contribution in [3.63, 3.8) is 0 Å². The van der Waals surface area contributed by atoms with E-state index in [1.807, 2.05) is 26.0 Å². The number of carbonyl (C=O) groups excluding carboxylic acids is 2. The molecule has 0 radical (unpaired) electrons. The quantitative estimate of drug-likeness (QED) is 0.774. The Morgan fingerprint density at radius 2 is 1.68 bits per heavy atom. The number of hydrogen-bond acceptors (Lipinski definition) is 4. The normalized spacial score (nSPS) is 11.5. The van der Waals surface area contributed by atoms with Crippen molar-refractivity contribution < 1.29 is 19.1 Å². The molecule has 0 fully saturated rings. The lowest BCUT2D eigenvalue weighted by atomic mass is 10.2. The smallest absolute Gasteiger partial charge is 0.338 e. The molecule has 0 unspecified atom stereocenters. The van der Waals surface area contributed by atoms with E-state index in [1.54, 1.807) is 43.3 Å². The Bertz CT molecular complexity index is 707. The van der Waals surface area contributed by atoms with Crippen LogP contribution in [-0.4, -0.2) is 24.6 Å². The summed E-state index contributed by atoms with van der Waals surface area (Å²) in [4.78, 5) is 24.3. The Balaban J connectivity index is 1.90. The number of benzene rings is 2. The Kier molecular flexibility index (Phi) is 6.57. The van der Waals surface area contributed by atoms with Crippen molar-refractivity contribution >= 4 is 17.6 Å². The highest BCUT2D eigenvalue weighted by Gasteiger charge is 2.19. The Labute approximate surface area is 148 Å². The van der Waals surface area contributed by atoms with E-state index in [2.05, 4.69) is 5.32 Å². The Morgan fingerprint density at radius 3 is 2.28 bits per heavy atom. The molecule has 2 aromatic carbocycles. The summed E-state index contributed by atoms with van der Waals surface area (Å²) in [6, 6.07) is 14.1. The summed E-state index contributed by atoms with van der Waals surface area (Å²) in [6.07, 6.45) is 0.0158. The van der Waals surface area contributed by atoms with Crippen LogP contribution in [0.15, 0.2) is 48.5 Å². The van der Waals surface area contributed by atoms with Crippen LogP contribution in [-0.2, 0) is 9.53 Å². The van der Waals surface area contributed by atoms with Gasteiger partial charge >= 0.3 is 5.97 Å². The summed E-state index contributed by atoms with van der Waals surface area (Å²) in [6.45, 7) is 6.16. The number of nitrogens with one attached hydrogen (secondary N) is 1. The minimum atomic E-state index is -0.898. The van der Waals surface area contributed by atoms with E-state index in [1.165, 1.54) is 0 Å². The lowest BCUT2D eigenvalue weighted by Gasteiger charge is -2.14. The lowest BCUT2D eigenvalue weighted by Crippen LogP contribution is -2.30. The second-order valence-electron chi connectivity index (χ2n) is 5.78. The number of hydrogen-bond donors (Lipinski definition) is 1. The van der Waals surface area contributed by atoms with E-state index in [4.69, 9.17) is 9.47 Å². The third-order valence-corrected chi connectivity index (χ3v) is 3.54. The molecule has 25 heavy (non-hydrogen) atoms. The molecule has 0 aliphatic heterocycles. The van der Waals surface area contributed by atoms with Gasteiger partial charge in [0.05, 0.1) is 12.2 Å². The molecule has 0 aliphatic carbocycles. The second-order valence-corrected chi connectivity index (χ2v) is 5.78. The SMILES string of the molecule is CCCOc1ccc(C(=O)O[C@@H](C)C(=O)Nc2ccc(C)cc2)cc1. The van der Waals surface area contributed by atoms with Crippen LogP contribution in [0.25, 0.3) is 0 Å². The predicted molar refractivity (Wildman–Crippen MR) is 96.9 cm³/mol. The number of esters is 1. The lowest BCUT2D eigenvalue weighted by molar-refractivity contribution is -0.123. The van der Waals surface area contributed by atoms with Gasteiger partial charge in [-0.1, -0.05) is 24.6 Å². The maximum atomic E-state index is 12.1. The minimum absolute atomic E-state index is 0.374. The maximum absolute atomic E-state index is 12.1. The van der Waals surface area contributed by atoms with Gasteiger partial charge in [-0.15, -0.1) is 0 Å². The average Bonchev–Trinajstić information content (AvgIpc) is 2.62. The van der Waals surface area contributed by atoms with E-state index < -0.39 is 12.1 Å². The molecule has 1 amide bonds. The fourth-order valence-corrected chi connectivity index (χ4v) is 2.07. The minimum Gasteiger partial charge on any atom is -0.494 e. The number of rotatable bonds is 7. The third kappa shape index (κ3) is 5.64. The first-order chi connectivity index (χ1) is 12.0. The largest absolute Gasteiger partial charge is 0.494 e. The van der Waals surface area contributed by atoms with Crippen LogP contribution in [0.5, 0.6) is 5.75 Å². The number of ether oxygens (including phenoxy) is 2. The summed E-state index contributed by atoms with van der Waals surface area (Å²) in [5, 5.41) is 2.72. The molecule has 2 rings (SSSR count). The van der Waals surface area contributed by atoms with Crippen molar-refractivity contribution in [1.82, 2.24) is 0 Å². The molecule has 0 saturated heterocycles. The summed E-state index contributed by atoms with van der Waals surface area (Å²) in [7, 11) is 0. The first-order valence-corrected chi connectivity index (χ1v) is 8.31. The summed E-state index contributed by atoms with van der Waals surface area (Å²) in [5.41, 5.74) is 2.14. The third-order valence-electron chi connectivity index (χ3n) is 3.54. The van der Waals surface area contributed by atoms with Gasteiger partial charge in [0.25, 0.3) is 5.91 Å². The van der Waals surface area contributed by atoms with Crippen molar-refractivity contribution in [2.45, 2.75) is 33.3 Å². The molecule has 0 heterocycles. The van der Waals surface area contributed by atoms with Crippen molar-refractivity contribution in [3.8, 4) is 5.75 Å². The molecule has 5 heteroatoms. The van der Waals surface area contributed by atoms with Gasteiger partial charge in [-0.3, -0.25) is 4.79 Å². The molecule has 5 nitrogen and oxygen atoms in total. The van der Waals surface area contributed by atoms with Gasteiger partial charge in [-0.25, -0.2) is 4.79 Å². The highest BCUT2D eigenvalue weighted by Crippen LogP contribution is 2.14. The summed E-state index contributed by atoms with van der Waals surface area (Å²) >= 11 is 0. The van der Waals surface area contributed by atoms with Crippen LogP contribution >= 0.6 is 0 Å². The molecule has 0 spiro atoms.